The third-order valence-electron chi connectivity index (χ3n) is 1.90. The van der Waals surface area contributed by atoms with Crippen molar-refractivity contribution in [3.63, 3.8) is 0 Å². The van der Waals surface area contributed by atoms with Crippen LogP contribution in [-0.4, -0.2) is 26.9 Å². The SMILES string of the molecule is COCCc1ccc(OCCN)cc1.Cl. The largest absolute Gasteiger partial charge is 0.492 e. The van der Waals surface area contributed by atoms with Crippen LogP contribution in [-0.2, 0) is 11.2 Å². The Morgan fingerprint density at radius 1 is 1.13 bits per heavy atom. The minimum Gasteiger partial charge on any atom is -0.492 e. The molecule has 86 valence electrons. The van der Waals surface area contributed by atoms with Crippen molar-refractivity contribution in [2.75, 3.05) is 26.9 Å². The van der Waals surface area contributed by atoms with Crippen molar-refractivity contribution in [2.45, 2.75) is 6.42 Å². The average Bonchev–Trinajstić information content (AvgIpc) is 2.25. The highest BCUT2D eigenvalue weighted by molar-refractivity contribution is 5.85. The molecular weight excluding hydrogens is 214 g/mol. The summed E-state index contributed by atoms with van der Waals surface area (Å²) in [7, 11) is 1.71. The van der Waals surface area contributed by atoms with Crippen LogP contribution in [0.5, 0.6) is 5.75 Å². The molecule has 0 radical (unpaired) electrons. The summed E-state index contributed by atoms with van der Waals surface area (Å²) < 4.78 is 10.4. The Morgan fingerprint density at radius 3 is 2.33 bits per heavy atom. The van der Waals surface area contributed by atoms with Crippen LogP contribution < -0.4 is 10.5 Å². The van der Waals surface area contributed by atoms with E-state index in [0.29, 0.717) is 13.2 Å². The summed E-state index contributed by atoms with van der Waals surface area (Å²) in [5, 5.41) is 0. The average molecular weight is 232 g/mol. The first-order valence-corrected chi connectivity index (χ1v) is 4.77. The highest BCUT2D eigenvalue weighted by atomic mass is 35.5. The molecule has 0 bridgehead atoms. The zero-order valence-electron chi connectivity index (χ0n) is 8.94. The van der Waals surface area contributed by atoms with E-state index in [1.165, 1.54) is 5.56 Å². The van der Waals surface area contributed by atoms with Crippen LogP contribution >= 0.6 is 12.4 Å². The Kier molecular flexibility index (Phi) is 8.09. The molecular formula is C11H18ClNO2. The van der Waals surface area contributed by atoms with Crippen molar-refractivity contribution in [3.05, 3.63) is 29.8 Å². The van der Waals surface area contributed by atoms with E-state index in [2.05, 4.69) is 0 Å². The number of benzene rings is 1. The van der Waals surface area contributed by atoms with Gasteiger partial charge in [-0.1, -0.05) is 12.1 Å². The van der Waals surface area contributed by atoms with Gasteiger partial charge in [0.05, 0.1) is 6.61 Å². The van der Waals surface area contributed by atoms with Crippen molar-refractivity contribution < 1.29 is 9.47 Å². The fraction of sp³-hybridized carbons (Fsp3) is 0.455. The molecule has 4 heteroatoms. The van der Waals surface area contributed by atoms with E-state index in [4.69, 9.17) is 15.2 Å². The van der Waals surface area contributed by atoms with Crippen molar-refractivity contribution in [1.29, 1.82) is 0 Å². The number of halogens is 1. The van der Waals surface area contributed by atoms with Gasteiger partial charge < -0.3 is 15.2 Å². The molecule has 0 atom stereocenters. The molecule has 0 heterocycles. The summed E-state index contributed by atoms with van der Waals surface area (Å²) in [6, 6.07) is 8.01. The third-order valence-corrected chi connectivity index (χ3v) is 1.90. The Morgan fingerprint density at radius 2 is 1.80 bits per heavy atom. The molecule has 15 heavy (non-hydrogen) atoms. The predicted octanol–water partition coefficient (Wildman–Crippen LogP) is 1.63. The van der Waals surface area contributed by atoms with E-state index in [0.717, 1.165) is 18.8 Å². The minimum absolute atomic E-state index is 0. The molecule has 0 saturated carbocycles. The Labute approximate surface area is 97.0 Å². The van der Waals surface area contributed by atoms with E-state index in [-0.39, 0.29) is 12.4 Å². The smallest absolute Gasteiger partial charge is 0.119 e. The predicted molar refractivity (Wildman–Crippen MR) is 63.8 cm³/mol. The molecule has 0 spiro atoms. The zero-order valence-corrected chi connectivity index (χ0v) is 9.76. The molecule has 2 N–H and O–H groups in total. The lowest BCUT2D eigenvalue weighted by atomic mass is 10.1. The molecule has 0 aliphatic carbocycles. The fourth-order valence-electron chi connectivity index (χ4n) is 1.15. The van der Waals surface area contributed by atoms with Gasteiger partial charge in [-0.15, -0.1) is 12.4 Å². The van der Waals surface area contributed by atoms with Gasteiger partial charge in [0.25, 0.3) is 0 Å². The second-order valence-electron chi connectivity index (χ2n) is 3.02. The lowest BCUT2D eigenvalue weighted by Crippen LogP contribution is -2.10. The molecule has 1 rings (SSSR count). The summed E-state index contributed by atoms with van der Waals surface area (Å²) in [4.78, 5) is 0. The lowest BCUT2D eigenvalue weighted by molar-refractivity contribution is 0.202. The lowest BCUT2D eigenvalue weighted by Gasteiger charge is -2.05. The van der Waals surface area contributed by atoms with E-state index in [1.54, 1.807) is 7.11 Å². The number of ether oxygens (including phenoxy) is 2. The Hall–Kier alpha value is -0.770. The van der Waals surface area contributed by atoms with Crippen molar-refractivity contribution in [3.8, 4) is 5.75 Å². The van der Waals surface area contributed by atoms with Crippen molar-refractivity contribution >= 4 is 12.4 Å². The maximum absolute atomic E-state index is 5.36. The van der Waals surface area contributed by atoms with Gasteiger partial charge in [-0.3, -0.25) is 0 Å². The molecule has 0 saturated heterocycles. The molecule has 1 aromatic carbocycles. The maximum Gasteiger partial charge on any atom is 0.119 e. The number of hydrogen-bond donors (Lipinski definition) is 1. The van der Waals surface area contributed by atoms with Gasteiger partial charge in [0.15, 0.2) is 0 Å². The van der Waals surface area contributed by atoms with Gasteiger partial charge in [-0.2, -0.15) is 0 Å². The highest BCUT2D eigenvalue weighted by Crippen LogP contribution is 2.12. The molecule has 0 aliphatic heterocycles. The number of methoxy groups -OCH3 is 1. The quantitative estimate of drug-likeness (QED) is 0.810. The molecule has 0 aliphatic rings. The summed E-state index contributed by atoms with van der Waals surface area (Å²) in [5.74, 6) is 0.872. The number of nitrogens with two attached hydrogens (primary N) is 1. The van der Waals surface area contributed by atoms with Crippen molar-refractivity contribution in [2.24, 2.45) is 5.73 Å². The van der Waals surface area contributed by atoms with Crippen LogP contribution in [0.15, 0.2) is 24.3 Å². The first kappa shape index (κ1) is 14.2. The monoisotopic (exact) mass is 231 g/mol. The summed E-state index contributed by atoms with van der Waals surface area (Å²) in [5.41, 5.74) is 6.59. The van der Waals surface area contributed by atoms with E-state index in [9.17, 15) is 0 Å². The second kappa shape index (κ2) is 8.53. The van der Waals surface area contributed by atoms with Gasteiger partial charge in [0, 0.05) is 13.7 Å². The van der Waals surface area contributed by atoms with Crippen LogP contribution in [0.4, 0.5) is 0 Å². The standard InChI is InChI=1S/C11H17NO2.ClH/c1-13-8-6-10-2-4-11(5-3-10)14-9-7-12;/h2-5H,6-9,12H2,1H3;1H. The normalized spacial score (nSPS) is 9.47. The summed E-state index contributed by atoms with van der Waals surface area (Å²) in [6.45, 7) is 1.87. The van der Waals surface area contributed by atoms with Gasteiger partial charge >= 0.3 is 0 Å². The number of rotatable bonds is 6. The van der Waals surface area contributed by atoms with E-state index >= 15 is 0 Å². The minimum atomic E-state index is 0. The molecule has 0 amide bonds. The molecule has 0 aromatic heterocycles. The van der Waals surface area contributed by atoms with Gasteiger partial charge in [-0.05, 0) is 24.1 Å². The van der Waals surface area contributed by atoms with Gasteiger partial charge in [0.1, 0.15) is 12.4 Å². The van der Waals surface area contributed by atoms with Gasteiger partial charge in [0.2, 0.25) is 0 Å². The van der Waals surface area contributed by atoms with Gasteiger partial charge in [-0.25, -0.2) is 0 Å². The molecule has 0 fully saturated rings. The first-order valence-electron chi connectivity index (χ1n) is 4.77. The van der Waals surface area contributed by atoms with Crippen LogP contribution in [0.2, 0.25) is 0 Å². The summed E-state index contributed by atoms with van der Waals surface area (Å²) in [6.07, 6.45) is 0.938. The van der Waals surface area contributed by atoms with Crippen LogP contribution in [0.1, 0.15) is 5.56 Å². The van der Waals surface area contributed by atoms with Crippen LogP contribution in [0.25, 0.3) is 0 Å². The Bertz CT molecular complexity index is 224. The Balaban J connectivity index is 0.00000196. The maximum atomic E-state index is 5.36. The van der Waals surface area contributed by atoms with Crippen LogP contribution in [0.3, 0.4) is 0 Å². The number of hydrogen-bond acceptors (Lipinski definition) is 3. The molecule has 3 nitrogen and oxygen atoms in total. The van der Waals surface area contributed by atoms with E-state index in [1.807, 2.05) is 24.3 Å². The molecule has 0 unspecified atom stereocenters. The fourth-order valence-corrected chi connectivity index (χ4v) is 1.15. The van der Waals surface area contributed by atoms with Crippen LogP contribution in [0, 0.1) is 0 Å². The van der Waals surface area contributed by atoms with Crippen molar-refractivity contribution in [1.82, 2.24) is 0 Å². The topological polar surface area (TPSA) is 44.5 Å². The second-order valence-corrected chi connectivity index (χ2v) is 3.02. The third kappa shape index (κ3) is 5.62. The molecule has 1 aromatic rings. The zero-order chi connectivity index (χ0) is 10.2. The van der Waals surface area contributed by atoms with E-state index < -0.39 is 0 Å². The first-order chi connectivity index (χ1) is 6.86. The highest BCUT2D eigenvalue weighted by Gasteiger charge is 1.94. The summed E-state index contributed by atoms with van der Waals surface area (Å²) >= 11 is 0.